The summed E-state index contributed by atoms with van der Waals surface area (Å²) >= 11 is 0. The van der Waals surface area contributed by atoms with E-state index in [-0.39, 0.29) is 6.42 Å². The van der Waals surface area contributed by atoms with Crippen LogP contribution in [0.25, 0.3) is 21.9 Å². The molecule has 0 aliphatic carbocycles. The summed E-state index contributed by atoms with van der Waals surface area (Å²) in [5.74, 6) is -1.12. The van der Waals surface area contributed by atoms with Crippen molar-refractivity contribution in [3.8, 4) is 11.1 Å². The Morgan fingerprint density at radius 2 is 1.67 bits per heavy atom. The highest BCUT2D eigenvalue weighted by Crippen LogP contribution is 2.40. The Hall–Kier alpha value is -2.50. The Kier molecular flexibility index (Phi) is 5.44. The molecule has 5 N–H and O–H groups in total. The van der Waals surface area contributed by atoms with Crippen molar-refractivity contribution in [2.24, 2.45) is 5.73 Å². The lowest BCUT2D eigenvalue weighted by Crippen LogP contribution is -2.32. The molecule has 0 heterocycles. The minimum absolute atomic E-state index is 0.0715. The van der Waals surface area contributed by atoms with Gasteiger partial charge < -0.3 is 20.6 Å². The fraction of sp³-hybridized carbons (Fsp3) is 0.150. The molecule has 0 spiro atoms. The average Bonchev–Trinajstić information content (AvgIpc) is 2.59. The van der Waals surface area contributed by atoms with E-state index in [1.165, 1.54) is 0 Å². The fourth-order valence-electron chi connectivity index (χ4n) is 3.18. The van der Waals surface area contributed by atoms with Gasteiger partial charge >= 0.3 is 13.6 Å². The maximum atomic E-state index is 11.5. The van der Waals surface area contributed by atoms with Gasteiger partial charge in [-0.15, -0.1) is 0 Å². The molecule has 7 heteroatoms. The molecular formula is C20H20NO5P. The number of rotatable bonds is 6. The Bertz CT molecular complexity index is 1040. The number of hydrogen-bond acceptors (Lipinski definition) is 3. The average molecular weight is 385 g/mol. The number of fused-ring (bicyclic) bond motifs is 1. The van der Waals surface area contributed by atoms with Gasteiger partial charge in [0, 0.05) is 0 Å². The lowest BCUT2D eigenvalue weighted by Gasteiger charge is -2.14. The summed E-state index contributed by atoms with van der Waals surface area (Å²) in [5, 5.41) is 11.1. The monoisotopic (exact) mass is 385 g/mol. The fourth-order valence-corrected chi connectivity index (χ4v) is 3.84. The molecule has 27 heavy (non-hydrogen) atoms. The van der Waals surface area contributed by atoms with Gasteiger partial charge in [0.2, 0.25) is 0 Å². The summed E-state index contributed by atoms with van der Waals surface area (Å²) in [6.07, 6.45) is -0.344. The highest BCUT2D eigenvalue weighted by atomic mass is 31.2. The van der Waals surface area contributed by atoms with Crippen LogP contribution in [0.1, 0.15) is 11.1 Å². The molecule has 0 bridgehead atoms. The van der Waals surface area contributed by atoms with Gasteiger partial charge in [-0.25, -0.2) is 0 Å². The predicted octanol–water partition coefficient (Wildman–Crippen LogP) is 3.14. The lowest BCUT2D eigenvalue weighted by atomic mass is 9.94. The van der Waals surface area contributed by atoms with E-state index in [9.17, 15) is 19.1 Å². The Morgan fingerprint density at radius 3 is 2.37 bits per heavy atom. The molecule has 3 aromatic rings. The topological polar surface area (TPSA) is 121 Å². The van der Waals surface area contributed by atoms with Crippen LogP contribution in [0.5, 0.6) is 0 Å². The van der Waals surface area contributed by atoms with Crippen LogP contribution in [0.3, 0.4) is 0 Å². The Morgan fingerprint density at radius 1 is 1.00 bits per heavy atom. The van der Waals surface area contributed by atoms with Crippen LogP contribution in [0.15, 0.2) is 60.7 Å². The highest BCUT2D eigenvalue weighted by molar-refractivity contribution is 7.50. The first-order valence-corrected chi connectivity index (χ1v) is 10.2. The molecule has 6 nitrogen and oxygen atoms in total. The molecule has 0 saturated carbocycles. The quantitative estimate of drug-likeness (QED) is 0.484. The third kappa shape index (κ3) is 4.81. The van der Waals surface area contributed by atoms with E-state index in [2.05, 4.69) is 0 Å². The van der Waals surface area contributed by atoms with Crippen molar-refractivity contribution < 1.29 is 24.3 Å². The number of nitrogens with two attached hydrogens (primary N) is 1. The summed E-state index contributed by atoms with van der Waals surface area (Å²) in [6, 6.07) is 17.7. The maximum absolute atomic E-state index is 11.5. The zero-order valence-electron chi connectivity index (χ0n) is 14.4. The normalized spacial score (nSPS) is 12.9. The van der Waals surface area contributed by atoms with E-state index in [0.29, 0.717) is 11.1 Å². The van der Waals surface area contributed by atoms with Crippen LogP contribution in [0.4, 0.5) is 0 Å². The minimum Gasteiger partial charge on any atom is -0.480 e. The molecular weight excluding hydrogens is 365 g/mol. The van der Waals surface area contributed by atoms with Gasteiger partial charge in [0.15, 0.2) is 0 Å². The van der Waals surface area contributed by atoms with Crippen LogP contribution in [0.2, 0.25) is 0 Å². The lowest BCUT2D eigenvalue weighted by molar-refractivity contribution is -0.138. The van der Waals surface area contributed by atoms with Crippen molar-refractivity contribution in [2.75, 3.05) is 0 Å². The maximum Gasteiger partial charge on any atom is 0.329 e. The number of aliphatic carboxylic acids is 1. The standard InChI is InChI=1S/C20H20NO5P/c21-19(20(22)23)11-13-8-14(12-27(24,25)26)10-16(9-13)18-7-3-5-15-4-1-2-6-17(15)18/h1-10,19H,11-12,21H2,(H,22,23)(H2,24,25,26)/t19-/m0/s1. The van der Waals surface area contributed by atoms with Gasteiger partial charge in [-0.2, -0.15) is 0 Å². The third-order valence-corrected chi connectivity index (χ3v) is 5.09. The molecule has 1 atom stereocenters. The molecule has 140 valence electrons. The second kappa shape index (κ2) is 7.62. The molecule has 3 rings (SSSR count). The van der Waals surface area contributed by atoms with Gasteiger partial charge in [0.05, 0.1) is 6.16 Å². The number of carbonyl (C=O) groups is 1. The number of carboxylic acids is 1. The Labute approximate surface area is 156 Å². The van der Waals surface area contributed by atoms with E-state index in [1.54, 1.807) is 12.1 Å². The smallest absolute Gasteiger partial charge is 0.329 e. The number of hydrogen-bond donors (Lipinski definition) is 4. The van der Waals surface area contributed by atoms with E-state index >= 15 is 0 Å². The molecule has 0 aliphatic heterocycles. The molecule has 0 aliphatic rings. The zero-order chi connectivity index (χ0) is 19.6. The number of carboxylic acid groups (broad SMARTS) is 1. The van der Waals surface area contributed by atoms with Gasteiger partial charge in [-0.3, -0.25) is 9.36 Å². The molecule has 0 amide bonds. The van der Waals surface area contributed by atoms with Crippen LogP contribution in [-0.4, -0.2) is 26.9 Å². The van der Waals surface area contributed by atoms with Crippen LogP contribution in [-0.2, 0) is 21.9 Å². The second-order valence-electron chi connectivity index (χ2n) is 6.54. The first-order valence-electron chi connectivity index (χ1n) is 8.37. The molecule has 0 radical (unpaired) electrons. The second-order valence-corrected chi connectivity index (χ2v) is 8.18. The summed E-state index contributed by atoms with van der Waals surface area (Å²) < 4.78 is 11.5. The summed E-state index contributed by atoms with van der Waals surface area (Å²) in [7, 11) is -4.27. The van der Waals surface area contributed by atoms with Gasteiger partial charge in [-0.05, 0) is 39.4 Å². The van der Waals surface area contributed by atoms with E-state index in [1.807, 2.05) is 48.5 Å². The van der Waals surface area contributed by atoms with Crippen molar-refractivity contribution in [1.82, 2.24) is 0 Å². The van der Waals surface area contributed by atoms with Gasteiger partial charge in [-0.1, -0.05) is 60.7 Å². The summed E-state index contributed by atoms with van der Waals surface area (Å²) in [6.45, 7) is 0. The van der Waals surface area contributed by atoms with Crippen LogP contribution < -0.4 is 5.73 Å². The number of benzene rings is 3. The molecule has 0 unspecified atom stereocenters. The molecule has 0 fully saturated rings. The Balaban J connectivity index is 2.14. The van der Waals surface area contributed by atoms with Crippen molar-refractivity contribution in [1.29, 1.82) is 0 Å². The van der Waals surface area contributed by atoms with Crippen molar-refractivity contribution in [3.05, 3.63) is 71.8 Å². The predicted molar refractivity (Wildman–Crippen MR) is 104 cm³/mol. The molecule has 0 saturated heterocycles. The van der Waals surface area contributed by atoms with Crippen LogP contribution >= 0.6 is 7.60 Å². The first kappa shape index (κ1) is 19.3. The largest absolute Gasteiger partial charge is 0.480 e. The molecule has 3 aromatic carbocycles. The van der Waals surface area contributed by atoms with Crippen molar-refractivity contribution in [3.63, 3.8) is 0 Å². The summed E-state index contributed by atoms with van der Waals surface area (Å²) in [4.78, 5) is 29.8. The SMILES string of the molecule is N[C@@H](Cc1cc(CP(=O)(O)O)cc(-c2cccc3ccccc23)c1)C(=O)O. The van der Waals surface area contributed by atoms with Gasteiger partial charge in [0.25, 0.3) is 0 Å². The first-order chi connectivity index (χ1) is 12.7. The van der Waals surface area contributed by atoms with Crippen molar-refractivity contribution in [2.45, 2.75) is 18.6 Å². The summed E-state index contributed by atoms with van der Waals surface area (Å²) in [5.41, 5.74) is 8.40. The van der Waals surface area contributed by atoms with E-state index in [4.69, 9.17) is 10.8 Å². The molecule has 0 aromatic heterocycles. The zero-order valence-corrected chi connectivity index (χ0v) is 15.3. The van der Waals surface area contributed by atoms with Crippen LogP contribution in [0, 0.1) is 0 Å². The van der Waals surface area contributed by atoms with E-state index in [0.717, 1.165) is 21.9 Å². The third-order valence-electron chi connectivity index (χ3n) is 4.31. The van der Waals surface area contributed by atoms with E-state index < -0.39 is 25.8 Å². The van der Waals surface area contributed by atoms with Crippen molar-refractivity contribution >= 4 is 24.3 Å². The van der Waals surface area contributed by atoms with Gasteiger partial charge in [0.1, 0.15) is 6.04 Å². The minimum atomic E-state index is -4.27. The highest BCUT2D eigenvalue weighted by Gasteiger charge is 2.18.